The Morgan fingerprint density at radius 1 is 1.07 bits per heavy atom. The minimum Gasteiger partial charge on any atom is -0.462 e. The second-order valence-electron chi connectivity index (χ2n) is 14.2. The smallest absolute Gasteiger partial charge is 0.331 e. The molecule has 0 unspecified atom stereocenters. The van der Waals surface area contributed by atoms with Crippen LogP contribution in [0.5, 0.6) is 0 Å². The number of likely N-dealkylation sites (N-methyl/N-ethyl adjacent to an activating group) is 1. The van der Waals surface area contributed by atoms with Crippen LogP contribution in [-0.2, 0) is 19.1 Å². The Morgan fingerprint density at radius 3 is 2.50 bits per heavy atom. The summed E-state index contributed by atoms with van der Waals surface area (Å²) in [7, 11) is 2.10. The van der Waals surface area contributed by atoms with E-state index in [-0.39, 0.29) is 47.9 Å². The number of nitrogens with one attached hydrogen (secondary N) is 1. The van der Waals surface area contributed by atoms with Gasteiger partial charge in [-0.25, -0.2) is 9.59 Å². The van der Waals surface area contributed by atoms with E-state index >= 15 is 0 Å². The molecule has 6 aliphatic rings. The summed E-state index contributed by atoms with van der Waals surface area (Å²) in [6.07, 6.45) is 8.32. The van der Waals surface area contributed by atoms with Crippen LogP contribution in [0.3, 0.4) is 0 Å². The van der Waals surface area contributed by atoms with Crippen molar-refractivity contribution >= 4 is 18.0 Å². The summed E-state index contributed by atoms with van der Waals surface area (Å²) in [4.78, 5) is 41.4. The number of ether oxygens (including phenoxy) is 2. The van der Waals surface area contributed by atoms with E-state index in [0.29, 0.717) is 18.3 Å². The van der Waals surface area contributed by atoms with E-state index in [1.807, 2.05) is 4.90 Å². The predicted octanol–water partition coefficient (Wildman–Crippen LogP) is 3.11. The van der Waals surface area contributed by atoms with Gasteiger partial charge in [-0.1, -0.05) is 13.8 Å². The lowest BCUT2D eigenvalue weighted by molar-refractivity contribution is -0.204. The third-order valence-electron chi connectivity index (χ3n) is 12.4. The van der Waals surface area contributed by atoms with Crippen molar-refractivity contribution in [3.8, 4) is 0 Å². The summed E-state index contributed by atoms with van der Waals surface area (Å²) in [6, 6.07) is 0.282. The van der Waals surface area contributed by atoms with Crippen molar-refractivity contribution in [3.05, 3.63) is 11.6 Å². The highest BCUT2D eigenvalue weighted by Gasteiger charge is 2.71. The highest BCUT2D eigenvalue weighted by molar-refractivity contribution is 5.85. The molecule has 6 rings (SSSR count). The molecule has 4 saturated carbocycles. The van der Waals surface area contributed by atoms with Gasteiger partial charge in [0.15, 0.2) is 0 Å². The van der Waals surface area contributed by atoms with Gasteiger partial charge in [0, 0.05) is 63.0 Å². The Bertz CT molecular complexity index is 1090. The molecule has 2 aliphatic heterocycles. The SMILES string of the molecule is CC(=O)O[C@H]1C[C@]2(O)[C@@H]3CC[C@@H]4C[C@@H](NC(=O)N5CCN(C)CC5)CC[C@]4(C)[C@H]3CC[C@]2(C)[C@H]1C1=CC(=O)OC1. The quantitative estimate of drug-likeness (QED) is 0.514. The van der Waals surface area contributed by atoms with Gasteiger partial charge in [-0.15, -0.1) is 0 Å². The zero-order valence-corrected chi connectivity index (χ0v) is 24.6. The van der Waals surface area contributed by atoms with Gasteiger partial charge in [0.05, 0.1) is 5.60 Å². The Balaban J connectivity index is 1.19. The first-order valence-electron chi connectivity index (χ1n) is 15.5. The number of urea groups is 1. The molecule has 4 aliphatic carbocycles. The first-order chi connectivity index (χ1) is 18.9. The van der Waals surface area contributed by atoms with Crippen molar-refractivity contribution in [1.82, 2.24) is 15.1 Å². The lowest BCUT2D eigenvalue weighted by atomic mass is 9.43. The number of hydrogen-bond acceptors (Lipinski definition) is 7. The minimum absolute atomic E-state index is 0.0790. The molecule has 9 atom stereocenters. The van der Waals surface area contributed by atoms with Crippen LogP contribution in [0, 0.1) is 34.5 Å². The number of amides is 2. The fourth-order valence-corrected chi connectivity index (χ4v) is 10.2. The molecule has 222 valence electrons. The molecule has 0 aromatic carbocycles. The molecule has 2 heterocycles. The summed E-state index contributed by atoms with van der Waals surface area (Å²) >= 11 is 0. The predicted molar refractivity (Wildman–Crippen MR) is 148 cm³/mol. The van der Waals surface area contributed by atoms with Crippen LogP contribution >= 0.6 is 0 Å². The summed E-state index contributed by atoms with van der Waals surface area (Å²) in [5, 5.41) is 16.0. The third-order valence-corrected chi connectivity index (χ3v) is 12.4. The average Bonchev–Trinajstić information content (AvgIpc) is 3.41. The zero-order chi connectivity index (χ0) is 28.4. The first kappa shape index (κ1) is 28.0. The molecule has 5 fully saturated rings. The van der Waals surface area contributed by atoms with E-state index in [1.165, 1.54) is 6.92 Å². The Labute approximate surface area is 238 Å². The van der Waals surface area contributed by atoms with Crippen molar-refractivity contribution in [2.75, 3.05) is 39.8 Å². The third kappa shape index (κ3) is 4.37. The molecular weight excluding hydrogens is 510 g/mol. The summed E-state index contributed by atoms with van der Waals surface area (Å²) in [6.45, 7) is 9.62. The number of aliphatic hydroxyl groups is 1. The maximum Gasteiger partial charge on any atom is 0.331 e. The molecule has 2 N–H and O–H groups in total. The highest BCUT2D eigenvalue weighted by Crippen LogP contribution is 2.70. The second kappa shape index (κ2) is 10.0. The van der Waals surface area contributed by atoms with E-state index in [1.54, 1.807) is 6.08 Å². The Kier molecular flexibility index (Phi) is 7.00. The molecule has 2 amide bonds. The van der Waals surface area contributed by atoms with E-state index < -0.39 is 17.1 Å². The molecule has 0 bridgehead atoms. The van der Waals surface area contributed by atoms with Gasteiger partial charge in [0.1, 0.15) is 12.7 Å². The van der Waals surface area contributed by atoms with Crippen LogP contribution < -0.4 is 5.32 Å². The van der Waals surface area contributed by atoms with E-state index in [4.69, 9.17) is 9.47 Å². The molecule has 9 heteroatoms. The molecule has 1 saturated heterocycles. The van der Waals surface area contributed by atoms with E-state index in [2.05, 4.69) is 31.1 Å². The van der Waals surface area contributed by atoms with Gasteiger partial charge in [-0.3, -0.25) is 4.79 Å². The molecule has 0 spiro atoms. The van der Waals surface area contributed by atoms with E-state index in [9.17, 15) is 19.5 Å². The first-order valence-corrected chi connectivity index (χ1v) is 15.5. The number of cyclic esters (lactones) is 1. The van der Waals surface area contributed by atoms with Crippen LogP contribution in [0.1, 0.15) is 72.1 Å². The Hall–Kier alpha value is -2.13. The minimum atomic E-state index is -0.979. The van der Waals surface area contributed by atoms with Crippen molar-refractivity contribution in [1.29, 1.82) is 0 Å². The van der Waals surface area contributed by atoms with Gasteiger partial charge in [0.25, 0.3) is 0 Å². The number of piperazine rings is 1. The average molecular weight is 558 g/mol. The maximum atomic E-state index is 13.0. The van der Waals surface area contributed by atoms with Crippen LogP contribution in [0.15, 0.2) is 11.6 Å². The van der Waals surface area contributed by atoms with Gasteiger partial charge in [-0.2, -0.15) is 0 Å². The number of rotatable bonds is 3. The van der Waals surface area contributed by atoms with Crippen molar-refractivity contribution < 1.29 is 29.0 Å². The number of esters is 2. The van der Waals surface area contributed by atoms with Crippen LogP contribution in [-0.4, -0.2) is 90.5 Å². The summed E-state index contributed by atoms with van der Waals surface area (Å²) in [5.41, 5.74) is -0.515. The van der Waals surface area contributed by atoms with Crippen molar-refractivity contribution in [2.24, 2.45) is 34.5 Å². The summed E-state index contributed by atoms with van der Waals surface area (Å²) in [5.74, 6) is 0.0826. The summed E-state index contributed by atoms with van der Waals surface area (Å²) < 4.78 is 11.1. The number of carbonyl (C=O) groups excluding carboxylic acids is 3. The van der Waals surface area contributed by atoms with Crippen LogP contribution in [0.2, 0.25) is 0 Å². The van der Waals surface area contributed by atoms with Crippen LogP contribution in [0.4, 0.5) is 4.79 Å². The maximum absolute atomic E-state index is 13.0. The van der Waals surface area contributed by atoms with Gasteiger partial charge < -0.3 is 29.7 Å². The number of hydrogen-bond donors (Lipinski definition) is 2. The number of nitrogens with zero attached hydrogens (tertiary/aromatic N) is 2. The Morgan fingerprint density at radius 2 is 1.82 bits per heavy atom. The molecular formula is C31H47N3O6. The van der Waals surface area contributed by atoms with Gasteiger partial charge in [-0.05, 0) is 80.7 Å². The molecule has 0 aromatic rings. The largest absolute Gasteiger partial charge is 0.462 e. The fourth-order valence-electron chi connectivity index (χ4n) is 10.2. The topological polar surface area (TPSA) is 108 Å². The lowest BCUT2D eigenvalue weighted by Crippen LogP contribution is -2.63. The monoisotopic (exact) mass is 557 g/mol. The molecule has 0 aromatic heterocycles. The van der Waals surface area contributed by atoms with Gasteiger partial charge >= 0.3 is 18.0 Å². The highest BCUT2D eigenvalue weighted by atomic mass is 16.5. The van der Waals surface area contributed by atoms with Crippen LogP contribution in [0.25, 0.3) is 0 Å². The molecule has 9 nitrogen and oxygen atoms in total. The number of fused-ring (bicyclic) bond motifs is 5. The van der Waals surface area contributed by atoms with Crippen molar-refractivity contribution in [3.63, 3.8) is 0 Å². The van der Waals surface area contributed by atoms with Gasteiger partial charge in [0.2, 0.25) is 0 Å². The standard InChI is InChI=1S/C31H47N3O6/c1-19(35)40-25-17-31(38)24-6-5-21-16-22(32-28(37)34-13-11-33(4)12-14-34)7-9-29(21,2)23(24)8-10-30(31,3)27(25)20-15-26(36)39-18-20/h15,21-25,27,38H,5-14,16-18H2,1-4H3,(H,32,37)/t21-,22+,23+,24-,25+,27+,29+,30-,31+/m1/s1. The normalized spacial score (nSPS) is 45.1. The van der Waals surface area contributed by atoms with Crippen molar-refractivity contribution in [2.45, 2.75) is 89.9 Å². The fraction of sp³-hybridized carbons (Fsp3) is 0.839. The second-order valence-corrected chi connectivity index (χ2v) is 14.2. The van der Waals surface area contributed by atoms with E-state index in [0.717, 1.165) is 76.7 Å². The zero-order valence-electron chi connectivity index (χ0n) is 24.6. The molecule has 40 heavy (non-hydrogen) atoms. The molecule has 0 radical (unpaired) electrons. The number of carbonyl (C=O) groups is 3. The lowest BCUT2D eigenvalue weighted by Gasteiger charge is -2.63.